The molecule has 1 saturated heterocycles. The van der Waals surface area contributed by atoms with Gasteiger partial charge in [0.15, 0.2) is 0 Å². The molecule has 1 atom stereocenters. The third kappa shape index (κ3) is 2.95. The van der Waals surface area contributed by atoms with E-state index in [0.29, 0.717) is 19.4 Å². The van der Waals surface area contributed by atoms with Gasteiger partial charge in [-0.15, -0.1) is 5.10 Å². The van der Waals surface area contributed by atoms with E-state index in [-0.39, 0.29) is 12.5 Å². The number of carboxylic acid groups (broad SMARTS) is 1. The van der Waals surface area contributed by atoms with Crippen LogP contribution in [-0.4, -0.2) is 50.3 Å². The first-order valence-electron chi connectivity index (χ1n) is 5.94. The zero-order valence-electron chi connectivity index (χ0n) is 10.5. The van der Waals surface area contributed by atoms with Crippen molar-refractivity contribution in [2.24, 2.45) is 5.41 Å². The van der Waals surface area contributed by atoms with Crippen molar-refractivity contribution in [1.29, 1.82) is 0 Å². The van der Waals surface area contributed by atoms with E-state index in [1.165, 1.54) is 17.3 Å². The molecule has 102 valence electrons. The highest BCUT2D eigenvalue weighted by Gasteiger charge is 2.39. The second-order valence-corrected chi connectivity index (χ2v) is 4.79. The summed E-state index contributed by atoms with van der Waals surface area (Å²) in [6.07, 6.45) is 4.04. The van der Waals surface area contributed by atoms with Gasteiger partial charge >= 0.3 is 12.0 Å². The van der Waals surface area contributed by atoms with Crippen molar-refractivity contribution in [2.45, 2.75) is 19.8 Å². The SMILES string of the molecule is CC1(C(=O)O)CCCN(C(=O)Nc2nccnn2)C1. The standard InChI is InChI=1S/C11H15N5O3/c1-11(8(17)18)3-2-6-16(7-11)10(19)14-9-12-4-5-13-15-9/h4-5H,2-3,6-7H2,1H3,(H,17,18)(H,12,14,15,19). The van der Waals surface area contributed by atoms with Gasteiger partial charge in [-0.3, -0.25) is 10.1 Å². The van der Waals surface area contributed by atoms with E-state index in [4.69, 9.17) is 0 Å². The maximum atomic E-state index is 12.0. The van der Waals surface area contributed by atoms with E-state index in [2.05, 4.69) is 20.5 Å². The van der Waals surface area contributed by atoms with Crippen molar-refractivity contribution < 1.29 is 14.7 Å². The second kappa shape index (κ2) is 5.17. The third-order valence-electron chi connectivity index (χ3n) is 3.20. The molecule has 1 aromatic rings. The average molecular weight is 265 g/mol. The fraction of sp³-hybridized carbons (Fsp3) is 0.545. The summed E-state index contributed by atoms with van der Waals surface area (Å²) >= 11 is 0. The highest BCUT2D eigenvalue weighted by molar-refractivity contribution is 5.88. The molecule has 19 heavy (non-hydrogen) atoms. The smallest absolute Gasteiger partial charge is 0.324 e. The molecule has 1 aliphatic rings. The molecule has 2 heterocycles. The van der Waals surface area contributed by atoms with Gasteiger partial charge in [-0.05, 0) is 19.8 Å². The largest absolute Gasteiger partial charge is 0.481 e. The molecular formula is C11H15N5O3. The molecule has 0 radical (unpaired) electrons. The number of aliphatic carboxylic acids is 1. The van der Waals surface area contributed by atoms with Gasteiger partial charge in [-0.1, -0.05) is 0 Å². The van der Waals surface area contributed by atoms with Crippen LogP contribution in [0.15, 0.2) is 12.4 Å². The van der Waals surface area contributed by atoms with Crippen molar-refractivity contribution in [2.75, 3.05) is 18.4 Å². The normalized spacial score (nSPS) is 22.9. The number of piperidine rings is 1. The molecule has 0 bridgehead atoms. The fourth-order valence-electron chi connectivity index (χ4n) is 2.07. The quantitative estimate of drug-likeness (QED) is 0.810. The first kappa shape index (κ1) is 13.2. The zero-order valence-corrected chi connectivity index (χ0v) is 10.5. The predicted octanol–water partition coefficient (Wildman–Crippen LogP) is 0.590. The Hall–Kier alpha value is -2.25. The number of amides is 2. The molecule has 1 aromatic heterocycles. The molecule has 2 N–H and O–H groups in total. The van der Waals surface area contributed by atoms with Crippen LogP contribution in [0.2, 0.25) is 0 Å². The van der Waals surface area contributed by atoms with Gasteiger partial charge in [0, 0.05) is 13.1 Å². The van der Waals surface area contributed by atoms with Gasteiger partial charge in [-0.2, -0.15) is 5.10 Å². The number of aromatic nitrogens is 3. The van der Waals surface area contributed by atoms with Gasteiger partial charge in [0.05, 0.1) is 17.8 Å². The maximum absolute atomic E-state index is 12.0. The molecule has 0 spiro atoms. The summed E-state index contributed by atoms with van der Waals surface area (Å²) in [5.74, 6) is -0.780. The van der Waals surface area contributed by atoms with E-state index in [1.807, 2.05) is 0 Å². The van der Waals surface area contributed by atoms with E-state index in [0.717, 1.165) is 0 Å². The summed E-state index contributed by atoms with van der Waals surface area (Å²) in [6, 6.07) is -0.403. The van der Waals surface area contributed by atoms with Gasteiger partial charge < -0.3 is 10.0 Å². The zero-order chi connectivity index (χ0) is 13.9. The molecule has 0 saturated carbocycles. The van der Waals surface area contributed by atoms with Crippen molar-refractivity contribution >= 4 is 17.9 Å². The van der Waals surface area contributed by atoms with Crippen LogP contribution in [-0.2, 0) is 4.79 Å². The van der Waals surface area contributed by atoms with Gasteiger partial charge in [-0.25, -0.2) is 9.78 Å². The summed E-state index contributed by atoms with van der Waals surface area (Å²) < 4.78 is 0. The minimum absolute atomic E-state index is 0.107. The van der Waals surface area contributed by atoms with Crippen LogP contribution in [0.25, 0.3) is 0 Å². The molecule has 1 fully saturated rings. The second-order valence-electron chi connectivity index (χ2n) is 4.79. The lowest BCUT2D eigenvalue weighted by molar-refractivity contribution is -0.150. The van der Waals surface area contributed by atoms with Crippen LogP contribution in [0.3, 0.4) is 0 Å². The highest BCUT2D eigenvalue weighted by atomic mass is 16.4. The first-order valence-corrected chi connectivity index (χ1v) is 5.94. The Balaban J connectivity index is 2.02. The number of rotatable bonds is 2. The van der Waals surface area contributed by atoms with E-state index in [1.54, 1.807) is 6.92 Å². The summed E-state index contributed by atoms with van der Waals surface area (Å²) in [6.45, 7) is 2.35. The lowest BCUT2D eigenvalue weighted by Gasteiger charge is -2.37. The van der Waals surface area contributed by atoms with Gasteiger partial charge in [0.25, 0.3) is 5.95 Å². The van der Waals surface area contributed by atoms with E-state index in [9.17, 15) is 14.7 Å². The number of hydrogen-bond acceptors (Lipinski definition) is 5. The number of nitrogens with one attached hydrogen (secondary N) is 1. The molecule has 2 rings (SSSR count). The molecule has 0 aliphatic carbocycles. The van der Waals surface area contributed by atoms with Crippen molar-refractivity contribution in [3.05, 3.63) is 12.4 Å². The highest BCUT2D eigenvalue weighted by Crippen LogP contribution is 2.29. The Morgan fingerprint density at radius 2 is 2.26 bits per heavy atom. The number of likely N-dealkylation sites (tertiary alicyclic amines) is 1. The molecule has 8 nitrogen and oxygen atoms in total. The minimum Gasteiger partial charge on any atom is -0.481 e. The number of anilines is 1. The topological polar surface area (TPSA) is 108 Å². The molecule has 0 aromatic carbocycles. The Morgan fingerprint density at radius 1 is 1.47 bits per heavy atom. The van der Waals surface area contributed by atoms with Crippen LogP contribution < -0.4 is 5.32 Å². The molecule has 2 amide bonds. The molecule has 1 aliphatic heterocycles. The Labute approximate surface area is 109 Å². The fourth-order valence-corrected chi connectivity index (χ4v) is 2.07. The number of nitrogens with zero attached hydrogens (tertiary/aromatic N) is 4. The van der Waals surface area contributed by atoms with Gasteiger partial charge in [0.2, 0.25) is 0 Å². The molecule has 1 unspecified atom stereocenters. The lowest BCUT2D eigenvalue weighted by Crippen LogP contribution is -2.49. The summed E-state index contributed by atoms with van der Waals surface area (Å²) in [5, 5.41) is 18.9. The summed E-state index contributed by atoms with van der Waals surface area (Å²) in [7, 11) is 0. The van der Waals surface area contributed by atoms with Crippen LogP contribution in [0, 0.1) is 5.41 Å². The van der Waals surface area contributed by atoms with E-state index >= 15 is 0 Å². The molecular weight excluding hydrogens is 250 g/mol. The maximum Gasteiger partial charge on any atom is 0.324 e. The predicted molar refractivity (Wildman–Crippen MR) is 65.4 cm³/mol. The van der Waals surface area contributed by atoms with Crippen LogP contribution in [0.4, 0.5) is 10.7 Å². The minimum atomic E-state index is -0.897. The number of hydrogen-bond donors (Lipinski definition) is 2. The summed E-state index contributed by atoms with van der Waals surface area (Å²) in [5.41, 5.74) is -0.897. The Bertz CT molecular complexity index is 480. The number of carbonyl (C=O) groups excluding carboxylic acids is 1. The summed E-state index contributed by atoms with van der Waals surface area (Å²) in [4.78, 5) is 28.5. The number of carbonyl (C=O) groups is 2. The molecule has 8 heteroatoms. The van der Waals surface area contributed by atoms with Crippen LogP contribution >= 0.6 is 0 Å². The van der Waals surface area contributed by atoms with Crippen molar-refractivity contribution in [3.8, 4) is 0 Å². The van der Waals surface area contributed by atoms with E-state index < -0.39 is 17.4 Å². The lowest BCUT2D eigenvalue weighted by atomic mass is 9.82. The van der Waals surface area contributed by atoms with Crippen LogP contribution in [0.5, 0.6) is 0 Å². The third-order valence-corrected chi connectivity index (χ3v) is 3.20. The van der Waals surface area contributed by atoms with Crippen molar-refractivity contribution in [3.63, 3.8) is 0 Å². The average Bonchev–Trinajstić information content (AvgIpc) is 2.40. The first-order chi connectivity index (χ1) is 9.01. The van der Waals surface area contributed by atoms with Crippen LogP contribution in [0.1, 0.15) is 19.8 Å². The number of urea groups is 1. The Morgan fingerprint density at radius 3 is 2.89 bits per heavy atom. The Kier molecular flexibility index (Phi) is 3.59. The number of carboxylic acids is 1. The monoisotopic (exact) mass is 265 g/mol. The van der Waals surface area contributed by atoms with Gasteiger partial charge in [0.1, 0.15) is 0 Å². The van der Waals surface area contributed by atoms with Crippen molar-refractivity contribution in [1.82, 2.24) is 20.1 Å².